The highest BCUT2D eigenvalue weighted by atomic mass is 35.5. The van der Waals surface area contributed by atoms with Gasteiger partial charge in [-0.1, -0.05) is 17.7 Å². The van der Waals surface area contributed by atoms with Crippen molar-refractivity contribution in [2.24, 2.45) is 5.92 Å². The minimum absolute atomic E-state index is 0.517. The molecule has 0 N–H and O–H groups in total. The maximum atomic E-state index is 5.68. The predicted octanol–water partition coefficient (Wildman–Crippen LogP) is 2.29. The first-order valence-electron chi connectivity index (χ1n) is 5.10. The number of aromatic nitrogens is 1. The van der Waals surface area contributed by atoms with E-state index in [1.54, 1.807) is 12.3 Å². The molecule has 1 aliphatic rings. The third-order valence-corrected chi connectivity index (χ3v) is 2.66. The van der Waals surface area contributed by atoms with Gasteiger partial charge in [0.15, 0.2) is 0 Å². The molecule has 0 saturated carbocycles. The average molecular weight is 228 g/mol. The summed E-state index contributed by atoms with van der Waals surface area (Å²) in [4.78, 5) is 3.99. The zero-order chi connectivity index (χ0) is 10.5. The van der Waals surface area contributed by atoms with Crippen molar-refractivity contribution in [1.29, 1.82) is 0 Å². The number of rotatable bonds is 4. The van der Waals surface area contributed by atoms with Crippen LogP contribution < -0.4 is 0 Å². The van der Waals surface area contributed by atoms with Crippen molar-refractivity contribution in [2.75, 3.05) is 19.8 Å². The van der Waals surface area contributed by atoms with Gasteiger partial charge < -0.3 is 9.47 Å². The van der Waals surface area contributed by atoms with Crippen LogP contribution >= 0.6 is 11.6 Å². The molecule has 0 amide bonds. The fraction of sp³-hybridized carbons (Fsp3) is 0.545. The van der Waals surface area contributed by atoms with Crippen molar-refractivity contribution >= 4 is 11.6 Å². The molecule has 1 atom stereocenters. The highest BCUT2D eigenvalue weighted by molar-refractivity contribution is 6.29. The van der Waals surface area contributed by atoms with Crippen LogP contribution in [-0.2, 0) is 16.1 Å². The Morgan fingerprint density at radius 3 is 3.13 bits per heavy atom. The second kappa shape index (κ2) is 5.45. The van der Waals surface area contributed by atoms with E-state index in [-0.39, 0.29) is 0 Å². The maximum absolute atomic E-state index is 5.68. The van der Waals surface area contributed by atoms with Crippen LogP contribution in [0.25, 0.3) is 0 Å². The molecular weight excluding hydrogens is 214 g/mol. The number of hydrogen-bond acceptors (Lipinski definition) is 3. The van der Waals surface area contributed by atoms with Gasteiger partial charge in [-0.15, -0.1) is 0 Å². The van der Waals surface area contributed by atoms with Gasteiger partial charge in [-0.2, -0.15) is 0 Å². The van der Waals surface area contributed by atoms with Crippen molar-refractivity contribution in [2.45, 2.75) is 13.0 Å². The Morgan fingerprint density at radius 2 is 2.47 bits per heavy atom. The topological polar surface area (TPSA) is 31.4 Å². The fourth-order valence-corrected chi connectivity index (χ4v) is 1.66. The minimum atomic E-state index is 0.517. The van der Waals surface area contributed by atoms with Crippen molar-refractivity contribution in [3.63, 3.8) is 0 Å². The van der Waals surface area contributed by atoms with E-state index in [2.05, 4.69) is 4.98 Å². The Hall–Kier alpha value is -0.640. The Kier molecular flexibility index (Phi) is 3.94. The normalized spacial score (nSPS) is 20.7. The lowest BCUT2D eigenvalue weighted by atomic mass is 10.1. The van der Waals surface area contributed by atoms with E-state index < -0.39 is 0 Å². The van der Waals surface area contributed by atoms with Crippen molar-refractivity contribution in [3.05, 3.63) is 29.0 Å². The van der Waals surface area contributed by atoms with E-state index in [9.17, 15) is 0 Å². The van der Waals surface area contributed by atoms with Crippen LogP contribution in [0.15, 0.2) is 18.3 Å². The third kappa shape index (κ3) is 3.45. The summed E-state index contributed by atoms with van der Waals surface area (Å²) >= 11 is 5.68. The first-order chi connectivity index (χ1) is 7.34. The molecule has 15 heavy (non-hydrogen) atoms. The highest BCUT2D eigenvalue weighted by Crippen LogP contribution is 2.13. The van der Waals surface area contributed by atoms with E-state index in [4.69, 9.17) is 21.1 Å². The molecule has 1 fully saturated rings. The number of nitrogens with zero attached hydrogens (tertiary/aromatic N) is 1. The second-order valence-electron chi connectivity index (χ2n) is 3.73. The molecule has 1 aromatic rings. The summed E-state index contributed by atoms with van der Waals surface area (Å²) in [5.41, 5.74) is 1.05. The molecule has 0 aliphatic carbocycles. The van der Waals surface area contributed by atoms with Crippen molar-refractivity contribution < 1.29 is 9.47 Å². The summed E-state index contributed by atoms with van der Waals surface area (Å²) in [5.74, 6) is 0.560. The van der Waals surface area contributed by atoms with Crippen molar-refractivity contribution in [3.8, 4) is 0 Å². The van der Waals surface area contributed by atoms with E-state index >= 15 is 0 Å². The van der Waals surface area contributed by atoms with Gasteiger partial charge in [-0.05, 0) is 18.1 Å². The average Bonchev–Trinajstić information content (AvgIpc) is 2.74. The van der Waals surface area contributed by atoms with Crippen LogP contribution in [0.1, 0.15) is 12.0 Å². The first kappa shape index (κ1) is 10.9. The van der Waals surface area contributed by atoms with Gasteiger partial charge >= 0.3 is 0 Å². The standard InChI is InChI=1S/C11H14ClNO2/c12-11-2-1-9(5-13-11)6-15-8-10-3-4-14-7-10/h1-2,5,10H,3-4,6-8H2. The summed E-state index contributed by atoms with van der Waals surface area (Å²) < 4.78 is 10.8. The molecule has 1 aromatic heterocycles. The number of halogens is 1. The van der Waals surface area contributed by atoms with Gasteiger partial charge in [0, 0.05) is 18.7 Å². The maximum Gasteiger partial charge on any atom is 0.129 e. The molecule has 0 aromatic carbocycles. The largest absolute Gasteiger partial charge is 0.381 e. The molecule has 0 radical (unpaired) electrons. The number of pyridine rings is 1. The van der Waals surface area contributed by atoms with Gasteiger partial charge in [0.2, 0.25) is 0 Å². The van der Waals surface area contributed by atoms with Gasteiger partial charge in [0.25, 0.3) is 0 Å². The SMILES string of the molecule is Clc1ccc(COCC2CCOC2)cn1. The van der Waals surface area contributed by atoms with E-state index in [0.717, 1.165) is 31.8 Å². The van der Waals surface area contributed by atoms with Crippen LogP contribution in [0.3, 0.4) is 0 Å². The van der Waals surface area contributed by atoms with Crippen LogP contribution in [0.4, 0.5) is 0 Å². The molecular formula is C11H14ClNO2. The molecule has 2 rings (SSSR count). The van der Waals surface area contributed by atoms with E-state index in [0.29, 0.717) is 17.7 Å². The lowest BCUT2D eigenvalue weighted by molar-refractivity contribution is 0.0790. The van der Waals surface area contributed by atoms with Crippen molar-refractivity contribution in [1.82, 2.24) is 4.98 Å². The zero-order valence-electron chi connectivity index (χ0n) is 8.49. The van der Waals surface area contributed by atoms with Gasteiger partial charge in [-0.25, -0.2) is 4.98 Å². The number of hydrogen-bond donors (Lipinski definition) is 0. The lowest BCUT2D eigenvalue weighted by Crippen LogP contribution is -2.09. The summed E-state index contributed by atoms with van der Waals surface area (Å²) in [6.45, 7) is 3.07. The molecule has 0 spiro atoms. The fourth-order valence-electron chi connectivity index (χ4n) is 1.55. The highest BCUT2D eigenvalue weighted by Gasteiger charge is 2.15. The molecule has 1 unspecified atom stereocenters. The third-order valence-electron chi connectivity index (χ3n) is 2.43. The zero-order valence-corrected chi connectivity index (χ0v) is 9.24. The Bertz CT molecular complexity index is 296. The van der Waals surface area contributed by atoms with Crippen LogP contribution in [0.5, 0.6) is 0 Å². The quantitative estimate of drug-likeness (QED) is 0.740. The Balaban J connectivity index is 1.71. The molecule has 3 nitrogen and oxygen atoms in total. The van der Waals surface area contributed by atoms with Crippen LogP contribution in [0.2, 0.25) is 5.15 Å². The predicted molar refractivity (Wildman–Crippen MR) is 57.8 cm³/mol. The smallest absolute Gasteiger partial charge is 0.129 e. The summed E-state index contributed by atoms with van der Waals surface area (Å²) in [5, 5.41) is 0.517. The number of ether oxygens (including phenoxy) is 2. The van der Waals surface area contributed by atoms with Crippen LogP contribution in [0, 0.1) is 5.92 Å². The van der Waals surface area contributed by atoms with Gasteiger partial charge in [0.1, 0.15) is 5.15 Å². The Morgan fingerprint density at radius 1 is 1.53 bits per heavy atom. The lowest BCUT2D eigenvalue weighted by Gasteiger charge is -2.08. The molecule has 1 saturated heterocycles. The molecule has 0 bridgehead atoms. The van der Waals surface area contributed by atoms with Gasteiger partial charge in [0.05, 0.1) is 19.8 Å². The molecule has 4 heteroatoms. The summed E-state index contributed by atoms with van der Waals surface area (Å²) in [6, 6.07) is 3.71. The molecule has 82 valence electrons. The van der Waals surface area contributed by atoms with E-state index in [1.807, 2.05) is 6.07 Å². The molecule has 1 aliphatic heterocycles. The Labute approximate surface area is 94.4 Å². The first-order valence-corrected chi connectivity index (χ1v) is 5.48. The second-order valence-corrected chi connectivity index (χ2v) is 4.12. The van der Waals surface area contributed by atoms with Gasteiger partial charge in [-0.3, -0.25) is 0 Å². The van der Waals surface area contributed by atoms with E-state index in [1.165, 1.54) is 0 Å². The summed E-state index contributed by atoms with van der Waals surface area (Å²) in [7, 11) is 0. The summed E-state index contributed by atoms with van der Waals surface area (Å²) in [6.07, 6.45) is 2.85. The minimum Gasteiger partial charge on any atom is -0.381 e. The van der Waals surface area contributed by atoms with Crippen LogP contribution in [-0.4, -0.2) is 24.8 Å². The monoisotopic (exact) mass is 227 g/mol. The molecule has 2 heterocycles.